The Morgan fingerprint density at radius 3 is 3.15 bits per heavy atom. The van der Waals surface area contributed by atoms with Gasteiger partial charge in [-0.15, -0.1) is 0 Å². The van der Waals surface area contributed by atoms with Gasteiger partial charge in [0.05, 0.1) is 12.5 Å². The molecule has 0 spiro atoms. The van der Waals surface area contributed by atoms with Gasteiger partial charge in [-0.1, -0.05) is 0 Å². The van der Waals surface area contributed by atoms with Crippen molar-refractivity contribution in [3.8, 4) is 0 Å². The first-order valence-corrected chi connectivity index (χ1v) is 4.86. The molecule has 0 amide bonds. The Hall–Kier alpha value is -1.03. The van der Waals surface area contributed by atoms with Gasteiger partial charge in [-0.2, -0.15) is 0 Å². The molecule has 0 saturated carbocycles. The normalized spacial score (nSPS) is 24.2. The van der Waals surface area contributed by atoms with Crippen molar-refractivity contribution in [2.24, 2.45) is 0 Å². The highest BCUT2D eigenvalue weighted by Gasteiger charge is 2.14. The van der Waals surface area contributed by atoms with Gasteiger partial charge in [0.15, 0.2) is 0 Å². The van der Waals surface area contributed by atoms with E-state index in [1.54, 1.807) is 6.20 Å². The van der Waals surface area contributed by atoms with E-state index in [2.05, 4.69) is 14.9 Å². The predicted octanol–water partition coefficient (Wildman–Crippen LogP) is 0.780. The summed E-state index contributed by atoms with van der Waals surface area (Å²) in [5, 5.41) is 3.38. The lowest BCUT2D eigenvalue weighted by molar-refractivity contribution is 0.459. The van der Waals surface area contributed by atoms with Gasteiger partial charge in [0, 0.05) is 6.04 Å². The molecule has 72 valence electrons. The van der Waals surface area contributed by atoms with Crippen molar-refractivity contribution >= 4 is 5.82 Å². The predicted molar refractivity (Wildman–Crippen MR) is 52.4 cm³/mol. The summed E-state index contributed by atoms with van der Waals surface area (Å²) in [7, 11) is 0. The fourth-order valence-electron chi connectivity index (χ4n) is 1.90. The van der Waals surface area contributed by atoms with Crippen LogP contribution >= 0.6 is 0 Å². The second-order valence-electron chi connectivity index (χ2n) is 3.56. The van der Waals surface area contributed by atoms with Gasteiger partial charge < -0.3 is 15.6 Å². The van der Waals surface area contributed by atoms with Gasteiger partial charge in [-0.05, 0) is 32.4 Å². The molecular weight excluding hydrogens is 164 g/mol. The van der Waals surface area contributed by atoms with Gasteiger partial charge in [-0.3, -0.25) is 0 Å². The van der Waals surface area contributed by atoms with E-state index in [1.807, 2.05) is 6.33 Å². The molecule has 0 aromatic carbocycles. The van der Waals surface area contributed by atoms with Crippen LogP contribution < -0.4 is 11.1 Å². The number of nitrogens with two attached hydrogens (primary N) is 1. The zero-order valence-electron chi connectivity index (χ0n) is 7.74. The fourth-order valence-corrected chi connectivity index (χ4v) is 1.90. The van der Waals surface area contributed by atoms with Crippen LogP contribution in [0.4, 0.5) is 5.82 Å². The molecule has 1 aliphatic heterocycles. The summed E-state index contributed by atoms with van der Waals surface area (Å²) in [6.45, 7) is 2.22. The maximum atomic E-state index is 5.80. The molecule has 4 nitrogen and oxygen atoms in total. The number of nitrogens with zero attached hydrogens (tertiary/aromatic N) is 2. The minimum atomic E-state index is 0.539. The van der Waals surface area contributed by atoms with Crippen LogP contribution in [0.3, 0.4) is 0 Å². The molecule has 0 bridgehead atoms. The van der Waals surface area contributed by atoms with E-state index in [4.69, 9.17) is 5.73 Å². The lowest BCUT2D eigenvalue weighted by Gasteiger charge is -2.16. The highest BCUT2D eigenvalue weighted by atomic mass is 15.1. The van der Waals surface area contributed by atoms with Gasteiger partial charge >= 0.3 is 0 Å². The summed E-state index contributed by atoms with van der Waals surface area (Å²) in [6.07, 6.45) is 7.14. The smallest absolute Gasteiger partial charge is 0.123 e. The van der Waals surface area contributed by atoms with Crippen LogP contribution in [0.15, 0.2) is 12.5 Å². The highest BCUT2D eigenvalue weighted by Crippen LogP contribution is 2.22. The number of rotatable bonds is 1. The summed E-state index contributed by atoms with van der Waals surface area (Å²) in [5.74, 6) is 0.784. The molecule has 2 rings (SSSR count). The number of nitrogens with one attached hydrogen (secondary N) is 1. The molecule has 13 heavy (non-hydrogen) atoms. The van der Waals surface area contributed by atoms with Gasteiger partial charge in [0.1, 0.15) is 5.82 Å². The van der Waals surface area contributed by atoms with Crippen molar-refractivity contribution in [1.29, 1.82) is 0 Å². The Kier molecular flexibility index (Phi) is 2.49. The average Bonchev–Trinajstić information content (AvgIpc) is 2.43. The standard InChI is InChI=1S/C9H16N4/c10-9-6-12-7-13(9)8-2-1-4-11-5-3-8/h6-8,11H,1-5,10H2. The number of aromatic nitrogens is 2. The van der Waals surface area contributed by atoms with E-state index in [9.17, 15) is 0 Å². The average molecular weight is 180 g/mol. The monoisotopic (exact) mass is 180 g/mol. The van der Waals surface area contributed by atoms with Crippen molar-refractivity contribution in [2.75, 3.05) is 18.8 Å². The Morgan fingerprint density at radius 2 is 2.38 bits per heavy atom. The molecule has 1 saturated heterocycles. The minimum absolute atomic E-state index is 0.539. The summed E-state index contributed by atoms with van der Waals surface area (Å²) in [5.41, 5.74) is 5.80. The zero-order valence-corrected chi connectivity index (χ0v) is 7.74. The van der Waals surface area contributed by atoms with Gasteiger partial charge in [0.2, 0.25) is 0 Å². The van der Waals surface area contributed by atoms with E-state index in [-0.39, 0.29) is 0 Å². The van der Waals surface area contributed by atoms with Gasteiger partial charge in [0.25, 0.3) is 0 Å². The molecule has 1 aromatic heterocycles. The number of anilines is 1. The number of hydrogen-bond donors (Lipinski definition) is 2. The first-order chi connectivity index (χ1) is 6.38. The third-order valence-electron chi connectivity index (χ3n) is 2.63. The lowest BCUT2D eigenvalue weighted by Crippen LogP contribution is -2.15. The second-order valence-corrected chi connectivity index (χ2v) is 3.56. The van der Waals surface area contributed by atoms with E-state index < -0.39 is 0 Å². The summed E-state index contributed by atoms with van der Waals surface area (Å²) < 4.78 is 2.09. The molecule has 2 heterocycles. The minimum Gasteiger partial charge on any atom is -0.384 e. The SMILES string of the molecule is Nc1cncn1C1CCCNCC1. The largest absolute Gasteiger partial charge is 0.384 e. The highest BCUT2D eigenvalue weighted by molar-refractivity contribution is 5.25. The topological polar surface area (TPSA) is 55.9 Å². The van der Waals surface area contributed by atoms with Crippen LogP contribution in [0.2, 0.25) is 0 Å². The van der Waals surface area contributed by atoms with E-state index in [0.717, 1.165) is 25.3 Å². The third kappa shape index (κ3) is 1.83. The van der Waals surface area contributed by atoms with E-state index >= 15 is 0 Å². The maximum Gasteiger partial charge on any atom is 0.123 e. The van der Waals surface area contributed by atoms with Crippen LogP contribution in [0.1, 0.15) is 25.3 Å². The maximum absolute atomic E-state index is 5.80. The Balaban J connectivity index is 2.10. The van der Waals surface area contributed by atoms with Crippen LogP contribution in [-0.4, -0.2) is 22.6 Å². The molecular formula is C9H16N4. The zero-order chi connectivity index (χ0) is 9.10. The first-order valence-electron chi connectivity index (χ1n) is 4.86. The van der Waals surface area contributed by atoms with Crippen LogP contribution in [0, 0.1) is 0 Å². The van der Waals surface area contributed by atoms with Crippen LogP contribution in [0.5, 0.6) is 0 Å². The second kappa shape index (κ2) is 3.79. The van der Waals surface area contributed by atoms with Crippen LogP contribution in [0.25, 0.3) is 0 Å². The molecule has 1 aliphatic rings. The molecule has 1 aromatic rings. The summed E-state index contributed by atoms with van der Waals surface area (Å²) in [6, 6.07) is 0.539. The summed E-state index contributed by atoms with van der Waals surface area (Å²) >= 11 is 0. The third-order valence-corrected chi connectivity index (χ3v) is 2.63. The van der Waals surface area contributed by atoms with Crippen molar-refractivity contribution < 1.29 is 0 Å². The lowest BCUT2D eigenvalue weighted by atomic mass is 10.1. The molecule has 3 N–H and O–H groups in total. The van der Waals surface area contributed by atoms with Crippen LogP contribution in [-0.2, 0) is 0 Å². The summed E-state index contributed by atoms with van der Waals surface area (Å²) in [4.78, 5) is 4.05. The molecule has 0 radical (unpaired) electrons. The molecule has 4 heteroatoms. The quantitative estimate of drug-likeness (QED) is 0.671. The van der Waals surface area contributed by atoms with E-state index in [1.165, 1.54) is 12.8 Å². The first kappa shape index (κ1) is 8.56. The fraction of sp³-hybridized carbons (Fsp3) is 0.667. The molecule has 1 fully saturated rings. The molecule has 1 unspecified atom stereocenters. The number of nitrogen functional groups attached to an aromatic ring is 1. The van der Waals surface area contributed by atoms with Crippen molar-refractivity contribution in [1.82, 2.24) is 14.9 Å². The van der Waals surface area contributed by atoms with Crippen molar-refractivity contribution in [3.63, 3.8) is 0 Å². The van der Waals surface area contributed by atoms with Crippen molar-refractivity contribution in [3.05, 3.63) is 12.5 Å². The molecule has 0 aliphatic carbocycles. The number of hydrogen-bond acceptors (Lipinski definition) is 3. The van der Waals surface area contributed by atoms with Crippen molar-refractivity contribution in [2.45, 2.75) is 25.3 Å². The van der Waals surface area contributed by atoms with Gasteiger partial charge in [-0.25, -0.2) is 4.98 Å². The Labute approximate surface area is 78.1 Å². The van der Waals surface area contributed by atoms with E-state index in [0.29, 0.717) is 6.04 Å². The Bertz CT molecular complexity index is 260. The molecule has 1 atom stereocenters. The Morgan fingerprint density at radius 1 is 1.46 bits per heavy atom. The number of imidazole rings is 1.